The summed E-state index contributed by atoms with van der Waals surface area (Å²) in [7, 11) is 0. The molecule has 0 bridgehead atoms. The molecule has 1 rings (SSSR count). The van der Waals surface area contributed by atoms with Crippen molar-refractivity contribution in [2.24, 2.45) is 11.7 Å². The first-order valence-electron chi connectivity index (χ1n) is 5.85. The minimum atomic E-state index is -0.784. The highest BCUT2D eigenvalue weighted by atomic mass is 35.5. The van der Waals surface area contributed by atoms with Crippen molar-refractivity contribution in [2.45, 2.75) is 26.3 Å². The summed E-state index contributed by atoms with van der Waals surface area (Å²) < 4.78 is 0. The Morgan fingerprint density at radius 1 is 1.32 bits per heavy atom. The van der Waals surface area contributed by atoms with Gasteiger partial charge in [-0.1, -0.05) is 43.1 Å². The summed E-state index contributed by atoms with van der Waals surface area (Å²) in [5.41, 5.74) is 6.00. The Kier molecular flexibility index (Phi) is 5.63. The van der Waals surface area contributed by atoms with Gasteiger partial charge in [-0.25, -0.2) is 0 Å². The van der Waals surface area contributed by atoms with Crippen molar-refractivity contribution in [3.05, 3.63) is 33.8 Å². The summed E-state index contributed by atoms with van der Waals surface area (Å²) in [5.74, 6) is -1.04. The van der Waals surface area contributed by atoms with Crippen molar-refractivity contribution in [3.63, 3.8) is 0 Å². The van der Waals surface area contributed by atoms with Crippen LogP contribution in [0.4, 0.5) is 0 Å². The Labute approximate surface area is 122 Å². The smallest absolute Gasteiger partial charge is 0.240 e. The monoisotopic (exact) mass is 302 g/mol. The van der Waals surface area contributed by atoms with Crippen LogP contribution in [0.25, 0.3) is 0 Å². The van der Waals surface area contributed by atoms with E-state index in [9.17, 15) is 9.59 Å². The molecule has 19 heavy (non-hydrogen) atoms. The van der Waals surface area contributed by atoms with Crippen LogP contribution in [-0.2, 0) is 16.0 Å². The van der Waals surface area contributed by atoms with E-state index in [1.165, 1.54) is 0 Å². The van der Waals surface area contributed by atoms with Crippen LogP contribution in [0.2, 0.25) is 10.0 Å². The molecular formula is C13H16Cl2N2O2. The van der Waals surface area contributed by atoms with Gasteiger partial charge in [0.25, 0.3) is 0 Å². The second kappa shape index (κ2) is 6.78. The first kappa shape index (κ1) is 15.8. The van der Waals surface area contributed by atoms with Crippen LogP contribution in [0.3, 0.4) is 0 Å². The Morgan fingerprint density at radius 2 is 1.95 bits per heavy atom. The van der Waals surface area contributed by atoms with E-state index >= 15 is 0 Å². The molecule has 0 aliphatic rings. The fraction of sp³-hybridized carbons (Fsp3) is 0.385. The second-order valence-electron chi connectivity index (χ2n) is 4.56. The second-order valence-corrected chi connectivity index (χ2v) is 5.40. The van der Waals surface area contributed by atoms with Gasteiger partial charge in [-0.2, -0.15) is 0 Å². The van der Waals surface area contributed by atoms with Crippen LogP contribution in [-0.4, -0.2) is 17.9 Å². The van der Waals surface area contributed by atoms with Gasteiger partial charge in [0.05, 0.1) is 0 Å². The molecule has 104 valence electrons. The van der Waals surface area contributed by atoms with Gasteiger partial charge in [0, 0.05) is 22.4 Å². The summed E-state index contributed by atoms with van der Waals surface area (Å²) in [5, 5.41) is 3.55. The van der Waals surface area contributed by atoms with Gasteiger partial charge >= 0.3 is 0 Å². The zero-order chi connectivity index (χ0) is 14.6. The van der Waals surface area contributed by atoms with Gasteiger partial charge in [0.1, 0.15) is 6.04 Å². The van der Waals surface area contributed by atoms with E-state index in [2.05, 4.69) is 5.32 Å². The number of carbonyl (C=O) groups excluding carboxylic acids is 2. The molecule has 3 N–H and O–H groups in total. The number of amides is 2. The van der Waals surface area contributed by atoms with Gasteiger partial charge < -0.3 is 11.1 Å². The average Bonchev–Trinajstić information content (AvgIpc) is 2.30. The molecule has 0 saturated carbocycles. The summed E-state index contributed by atoms with van der Waals surface area (Å²) in [6.07, 6.45) is 0.240. The van der Waals surface area contributed by atoms with Crippen LogP contribution in [0.15, 0.2) is 18.2 Å². The molecule has 0 saturated heterocycles. The number of nitrogens with one attached hydrogen (secondary N) is 1. The van der Waals surface area contributed by atoms with E-state index in [1.807, 2.05) is 0 Å². The SMILES string of the molecule is CC(C)C(=O)N[C@H](Cc1ccc(Cl)cc1Cl)C(N)=O. The molecule has 6 heteroatoms. The standard InChI is InChI=1S/C13H16Cl2N2O2/c1-7(2)13(19)17-11(12(16)18)5-8-3-4-9(14)6-10(8)15/h3-4,6-7,11H,5H2,1-2H3,(H2,16,18)(H,17,19)/t11-/m1/s1. The van der Waals surface area contributed by atoms with E-state index in [1.54, 1.807) is 32.0 Å². The number of primary amides is 1. The first-order valence-corrected chi connectivity index (χ1v) is 6.60. The first-order chi connectivity index (χ1) is 8.81. The summed E-state index contributed by atoms with van der Waals surface area (Å²) in [4.78, 5) is 23.0. The third-order valence-corrected chi connectivity index (χ3v) is 3.21. The van der Waals surface area contributed by atoms with E-state index in [4.69, 9.17) is 28.9 Å². The van der Waals surface area contributed by atoms with Crippen LogP contribution < -0.4 is 11.1 Å². The number of hydrogen-bond acceptors (Lipinski definition) is 2. The van der Waals surface area contributed by atoms with Crippen LogP contribution in [0.5, 0.6) is 0 Å². The highest BCUT2D eigenvalue weighted by Gasteiger charge is 2.21. The highest BCUT2D eigenvalue weighted by molar-refractivity contribution is 6.35. The van der Waals surface area contributed by atoms with Crippen LogP contribution >= 0.6 is 23.2 Å². The lowest BCUT2D eigenvalue weighted by molar-refractivity contribution is -0.129. The third-order valence-electron chi connectivity index (χ3n) is 2.62. The van der Waals surface area contributed by atoms with E-state index in [-0.39, 0.29) is 18.2 Å². The molecule has 0 aliphatic carbocycles. The number of benzene rings is 1. The minimum absolute atomic E-state index is 0.220. The molecule has 0 aromatic heterocycles. The quantitative estimate of drug-likeness (QED) is 0.875. The Morgan fingerprint density at radius 3 is 2.42 bits per heavy atom. The predicted molar refractivity (Wildman–Crippen MR) is 76.1 cm³/mol. The normalized spacial score (nSPS) is 12.3. The molecular weight excluding hydrogens is 287 g/mol. The minimum Gasteiger partial charge on any atom is -0.368 e. The maximum Gasteiger partial charge on any atom is 0.240 e. The molecule has 0 heterocycles. The summed E-state index contributed by atoms with van der Waals surface area (Å²) >= 11 is 11.8. The Hall–Kier alpha value is -1.26. The number of halogens is 2. The number of nitrogens with two attached hydrogens (primary N) is 1. The van der Waals surface area contributed by atoms with E-state index in [0.29, 0.717) is 15.6 Å². The van der Waals surface area contributed by atoms with Gasteiger partial charge in [-0.3, -0.25) is 9.59 Å². The Balaban J connectivity index is 2.84. The molecule has 0 aliphatic heterocycles. The number of carbonyl (C=O) groups is 2. The molecule has 0 spiro atoms. The van der Waals surface area contributed by atoms with Crippen LogP contribution in [0, 0.1) is 5.92 Å². The highest BCUT2D eigenvalue weighted by Crippen LogP contribution is 2.22. The molecule has 4 nitrogen and oxygen atoms in total. The zero-order valence-corrected chi connectivity index (χ0v) is 12.3. The molecule has 2 amide bonds. The van der Waals surface area contributed by atoms with Crippen molar-refractivity contribution in [2.75, 3.05) is 0 Å². The molecule has 1 aromatic carbocycles. The Bertz CT molecular complexity index is 490. The largest absolute Gasteiger partial charge is 0.368 e. The van der Waals surface area contributed by atoms with Crippen molar-refractivity contribution in [1.29, 1.82) is 0 Å². The third kappa shape index (κ3) is 4.73. The fourth-order valence-electron chi connectivity index (χ4n) is 1.47. The van der Waals surface area contributed by atoms with Crippen molar-refractivity contribution < 1.29 is 9.59 Å². The average molecular weight is 303 g/mol. The molecule has 0 radical (unpaired) electrons. The lowest BCUT2D eigenvalue weighted by Gasteiger charge is -2.17. The van der Waals surface area contributed by atoms with Crippen molar-refractivity contribution >= 4 is 35.0 Å². The molecule has 0 unspecified atom stereocenters. The van der Waals surface area contributed by atoms with Gasteiger partial charge in [-0.05, 0) is 17.7 Å². The molecule has 1 atom stereocenters. The van der Waals surface area contributed by atoms with Gasteiger partial charge in [0.15, 0.2) is 0 Å². The maximum atomic E-state index is 11.6. The van der Waals surface area contributed by atoms with Gasteiger partial charge in [0.2, 0.25) is 11.8 Å². The lowest BCUT2D eigenvalue weighted by atomic mass is 10.0. The van der Waals surface area contributed by atoms with Crippen LogP contribution in [0.1, 0.15) is 19.4 Å². The summed E-state index contributed by atoms with van der Waals surface area (Å²) in [6, 6.07) is 4.18. The predicted octanol–water partition coefficient (Wildman–Crippen LogP) is 2.16. The van der Waals surface area contributed by atoms with Crippen molar-refractivity contribution in [1.82, 2.24) is 5.32 Å². The number of rotatable bonds is 5. The fourth-order valence-corrected chi connectivity index (χ4v) is 1.95. The van der Waals surface area contributed by atoms with E-state index < -0.39 is 11.9 Å². The zero-order valence-electron chi connectivity index (χ0n) is 10.7. The topological polar surface area (TPSA) is 72.2 Å². The summed E-state index contributed by atoms with van der Waals surface area (Å²) in [6.45, 7) is 3.48. The molecule has 0 fully saturated rings. The lowest BCUT2D eigenvalue weighted by Crippen LogP contribution is -2.47. The molecule has 1 aromatic rings. The number of hydrogen-bond donors (Lipinski definition) is 2. The maximum absolute atomic E-state index is 11.6. The van der Waals surface area contributed by atoms with E-state index in [0.717, 1.165) is 0 Å². The van der Waals surface area contributed by atoms with Gasteiger partial charge in [-0.15, -0.1) is 0 Å². The van der Waals surface area contributed by atoms with Crippen molar-refractivity contribution in [3.8, 4) is 0 Å².